The first-order valence-electron chi connectivity index (χ1n) is 5.11. The molecule has 0 saturated carbocycles. The number of nitrogens with zero attached hydrogens (tertiary/aromatic N) is 2. The van der Waals surface area contributed by atoms with E-state index in [9.17, 15) is 9.18 Å². The summed E-state index contributed by atoms with van der Waals surface area (Å²) < 4.78 is 20.7. The van der Waals surface area contributed by atoms with E-state index >= 15 is 0 Å². The fourth-order valence-corrected chi connectivity index (χ4v) is 2.21. The molecule has 1 aromatic heterocycles. The van der Waals surface area contributed by atoms with Gasteiger partial charge in [-0.25, -0.2) is 4.39 Å². The Morgan fingerprint density at radius 2 is 2.22 bits per heavy atom. The standard InChI is InChI=1S/C12H10BrFN2O2/c1-16-11(7(13)6-15-16)12(17)10-8(14)4-3-5-9(10)18-2/h3-6H,1-2H3. The summed E-state index contributed by atoms with van der Waals surface area (Å²) in [6.07, 6.45) is 1.49. The number of ketones is 1. The normalized spacial score (nSPS) is 10.4. The molecule has 4 nitrogen and oxygen atoms in total. The van der Waals surface area contributed by atoms with Gasteiger partial charge in [-0.05, 0) is 28.1 Å². The van der Waals surface area contributed by atoms with E-state index in [4.69, 9.17) is 4.74 Å². The molecule has 1 aromatic carbocycles. The molecule has 18 heavy (non-hydrogen) atoms. The molecule has 1 heterocycles. The zero-order chi connectivity index (χ0) is 13.3. The van der Waals surface area contributed by atoms with E-state index in [0.717, 1.165) is 0 Å². The third-order valence-electron chi connectivity index (χ3n) is 2.53. The zero-order valence-electron chi connectivity index (χ0n) is 9.78. The van der Waals surface area contributed by atoms with Gasteiger partial charge in [-0.2, -0.15) is 5.10 Å². The summed E-state index contributed by atoms with van der Waals surface area (Å²) in [5.74, 6) is -0.891. The summed E-state index contributed by atoms with van der Waals surface area (Å²) in [4.78, 5) is 12.3. The van der Waals surface area contributed by atoms with Gasteiger partial charge < -0.3 is 4.74 Å². The smallest absolute Gasteiger partial charge is 0.218 e. The Labute approximate surface area is 111 Å². The number of carbonyl (C=O) groups excluding carboxylic acids is 1. The fraction of sp³-hybridized carbons (Fsp3) is 0.167. The number of halogens is 2. The lowest BCUT2D eigenvalue weighted by Gasteiger charge is -2.09. The Morgan fingerprint density at radius 1 is 1.50 bits per heavy atom. The van der Waals surface area contributed by atoms with Gasteiger partial charge in [0.1, 0.15) is 22.8 Å². The number of benzene rings is 1. The van der Waals surface area contributed by atoms with Crippen molar-refractivity contribution in [2.24, 2.45) is 7.05 Å². The second kappa shape index (κ2) is 4.89. The van der Waals surface area contributed by atoms with Gasteiger partial charge in [0.2, 0.25) is 5.78 Å². The Hall–Kier alpha value is -1.69. The van der Waals surface area contributed by atoms with Crippen LogP contribution in [0.4, 0.5) is 4.39 Å². The van der Waals surface area contributed by atoms with Crippen LogP contribution >= 0.6 is 15.9 Å². The van der Waals surface area contributed by atoms with E-state index < -0.39 is 11.6 Å². The molecule has 0 fully saturated rings. The molecular formula is C12H10BrFN2O2. The van der Waals surface area contributed by atoms with Crippen molar-refractivity contribution in [2.45, 2.75) is 0 Å². The number of methoxy groups -OCH3 is 1. The van der Waals surface area contributed by atoms with Crippen LogP contribution in [-0.4, -0.2) is 22.7 Å². The van der Waals surface area contributed by atoms with Crippen LogP contribution in [0.3, 0.4) is 0 Å². The maximum atomic E-state index is 13.8. The quantitative estimate of drug-likeness (QED) is 0.818. The summed E-state index contributed by atoms with van der Waals surface area (Å²) in [7, 11) is 3.01. The minimum absolute atomic E-state index is 0.0932. The number of aromatic nitrogens is 2. The monoisotopic (exact) mass is 312 g/mol. The van der Waals surface area contributed by atoms with Crippen LogP contribution in [0.15, 0.2) is 28.9 Å². The Bertz CT molecular complexity index is 591. The SMILES string of the molecule is COc1cccc(F)c1C(=O)c1c(Br)cnn1C. The molecule has 94 valence electrons. The molecule has 0 N–H and O–H groups in total. The number of rotatable bonds is 3. The zero-order valence-corrected chi connectivity index (χ0v) is 11.4. The molecule has 0 spiro atoms. The van der Waals surface area contributed by atoms with Crippen molar-refractivity contribution in [3.8, 4) is 5.75 Å². The average molecular weight is 313 g/mol. The van der Waals surface area contributed by atoms with Crippen LogP contribution in [0.2, 0.25) is 0 Å². The Kier molecular flexibility index (Phi) is 3.47. The predicted molar refractivity (Wildman–Crippen MR) is 67.3 cm³/mol. The minimum atomic E-state index is -0.618. The third-order valence-corrected chi connectivity index (χ3v) is 3.11. The van der Waals surface area contributed by atoms with E-state index in [0.29, 0.717) is 4.47 Å². The molecule has 2 aromatic rings. The lowest BCUT2D eigenvalue weighted by molar-refractivity contribution is 0.102. The van der Waals surface area contributed by atoms with Crippen LogP contribution in [0.5, 0.6) is 5.75 Å². The first-order chi connectivity index (χ1) is 8.56. The van der Waals surface area contributed by atoms with Gasteiger partial charge in [0.15, 0.2) is 0 Å². The molecular weight excluding hydrogens is 303 g/mol. The van der Waals surface area contributed by atoms with Crippen molar-refractivity contribution in [3.63, 3.8) is 0 Å². The maximum Gasteiger partial charge on any atom is 0.218 e. The minimum Gasteiger partial charge on any atom is -0.496 e. The highest BCUT2D eigenvalue weighted by Crippen LogP contribution is 2.27. The molecule has 6 heteroatoms. The van der Waals surface area contributed by atoms with E-state index in [-0.39, 0.29) is 17.0 Å². The number of aryl methyl sites for hydroxylation is 1. The molecule has 0 aliphatic rings. The Morgan fingerprint density at radius 3 is 2.78 bits per heavy atom. The van der Waals surface area contributed by atoms with E-state index in [2.05, 4.69) is 21.0 Å². The van der Waals surface area contributed by atoms with Crippen molar-refractivity contribution in [3.05, 3.63) is 45.9 Å². The summed E-state index contributed by atoms with van der Waals surface area (Å²) in [6.45, 7) is 0. The summed E-state index contributed by atoms with van der Waals surface area (Å²) >= 11 is 3.22. The molecule has 0 saturated heterocycles. The van der Waals surface area contributed by atoms with Crippen LogP contribution in [-0.2, 0) is 7.05 Å². The van der Waals surface area contributed by atoms with E-state index in [1.54, 1.807) is 13.1 Å². The molecule has 0 atom stereocenters. The first kappa shape index (κ1) is 12.8. The summed E-state index contributed by atoms with van der Waals surface area (Å²) in [5.41, 5.74) is 0.183. The number of hydrogen-bond acceptors (Lipinski definition) is 3. The third kappa shape index (κ3) is 2.03. The van der Waals surface area contributed by atoms with Gasteiger partial charge in [-0.3, -0.25) is 9.48 Å². The lowest BCUT2D eigenvalue weighted by atomic mass is 10.1. The highest BCUT2D eigenvalue weighted by Gasteiger charge is 2.23. The van der Waals surface area contributed by atoms with Gasteiger partial charge in [-0.1, -0.05) is 6.07 Å². The summed E-state index contributed by atoms with van der Waals surface area (Å²) in [5, 5.41) is 3.93. The van der Waals surface area contributed by atoms with Gasteiger partial charge >= 0.3 is 0 Å². The number of ether oxygens (including phenoxy) is 1. The molecule has 0 amide bonds. The molecule has 2 rings (SSSR count). The molecule has 0 radical (unpaired) electrons. The largest absolute Gasteiger partial charge is 0.496 e. The second-order valence-electron chi connectivity index (χ2n) is 3.61. The molecule has 0 aliphatic carbocycles. The number of carbonyl (C=O) groups is 1. The topological polar surface area (TPSA) is 44.1 Å². The van der Waals surface area contributed by atoms with Crippen molar-refractivity contribution in [1.82, 2.24) is 9.78 Å². The van der Waals surface area contributed by atoms with Gasteiger partial charge in [0.25, 0.3) is 0 Å². The maximum absolute atomic E-state index is 13.8. The average Bonchev–Trinajstić information content (AvgIpc) is 2.68. The highest BCUT2D eigenvalue weighted by atomic mass is 79.9. The van der Waals surface area contributed by atoms with Crippen molar-refractivity contribution in [1.29, 1.82) is 0 Å². The summed E-state index contributed by atoms with van der Waals surface area (Å²) in [6, 6.07) is 4.25. The van der Waals surface area contributed by atoms with Crippen LogP contribution < -0.4 is 4.74 Å². The second-order valence-corrected chi connectivity index (χ2v) is 4.47. The van der Waals surface area contributed by atoms with Gasteiger partial charge in [0.05, 0.1) is 17.8 Å². The van der Waals surface area contributed by atoms with Crippen LogP contribution in [0, 0.1) is 5.82 Å². The van der Waals surface area contributed by atoms with Crippen molar-refractivity contribution < 1.29 is 13.9 Å². The Balaban J connectivity index is 2.60. The lowest BCUT2D eigenvalue weighted by Crippen LogP contribution is -2.12. The molecule has 0 aliphatic heterocycles. The predicted octanol–water partition coefficient (Wildman–Crippen LogP) is 2.56. The van der Waals surface area contributed by atoms with Crippen molar-refractivity contribution in [2.75, 3.05) is 7.11 Å². The van der Waals surface area contributed by atoms with Crippen molar-refractivity contribution >= 4 is 21.7 Å². The van der Waals surface area contributed by atoms with Crippen LogP contribution in [0.1, 0.15) is 16.1 Å². The molecule has 0 bridgehead atoms. The number of hydrogen-bond donors (Lipinski definition) is 0. The van der Waals surface area contributed by atoms with E-state index in [1.807, 2.05) is 0 Å². The first-order valence-corrected chi connectivity index (χ1v) is 5.90. The fourth-order valence-electron chi connectivity index (χ4n) is 1.68. The van der Waals surface area contributed by atoms with E-state index in [1.165, 1.54) is 30.1 Å². The van der Waals surface area contributed by atoms with Crippen LogP contribution in [0.25, 0.3) is 0 Å². The van der Waals surface area contributed by atoms with Gasteiger partial charge in [0, 0.05) is 7.05 Å². The highest BCUT2D eigenvalue weighted by molar-refractivity contribution is 9.10. The molecule has 0 unspecified atom stereocenters. The van der Waals surface area contributed by atoms with Gasteiger partial charge in [-0.15, -0.1) is 0 Å².